The number of anilines is 1. The van der Waals surface area contributed by atoms with Crippen LogP contribution in [0.15, 0.2) is 18.3 Å². The molecule has 2 N–H and O–H groups in total. The molecule has 1 aromatic heterocycles. The molecule has 0 aliphatic carbocycles. The lowest BCUT2D eigenvalue weighted by Crippen LogP contribution is -2.07. The first-order valence-electron chi connectivity index (χ1n) is 3.56. The predicted molar refractivity (Wildman–Crippen MR) is 45.5 cm³/mol. The molecule has 0 fully saturated rings. The first-order chi connectivity index (χ1) is 6.09. The van der Waals surface area contributed by atoms with Crippen LogP contribution in [0, 0.1) is 0 Å². The summed E-state index contributed by atoms with van der Waals surface area (Å²) >= 11 is 0. The normalized spacial score (nSPS) is 9.31. The van der Waals surface area contributed by atoms with Gasteiger partial charge in [-0.15, -0.1) is 0 Å². The Labute approximate surface area is 74.4 Å². The minimum atomic E-state index is -1.09. The number of nitrogens with one attached hydrogen (secondary N) is 1. The molecule has 0 aliphatic heterocycles. The predicted octanol–water partition coefficient (Wildman–Crippen LogP) is 0.738. The molecule has 0 aromatic carbocycles. The van der Waals surface area contributed by atoms with Gasteiger partial charge < -0.3 is 10.4 Å². The molecule has 1 heterocycles. The number of carbonyl (C=O) groups excluding carboxylic acids is 1. The summed E-state index contributed by atoms with van der Waals surface area (Å²) in [6.45, 7) is 1.37. The summed E-state index contributed by atoms with van der Waals surface area (Å²) in [4.78, 5) is 24.6. The number of rotatable bonds is 2. The molecule has 0 spiro atoms. The monoisotopic (exact) mass is 180 g/mol. The third-order valence-corrected chi connectivity index (χ3v) is 1.30. The highest BCUT2D eigenvalue weighted by Gasteiger charge is 2.03. The number of carboxylic acid groups (broad SMARTS) is 1. The summed E-state index contributed by atoms with van der Waals surface area (Å²) in [5, 5.41) is 11.0. The van der Waals surface area contributed by atoms with E-state index >= 15 is 0 Å². The van der Waals surface area contributed by atoms with Gasteiger partial charge in [0.2, 0.25) is 5.91 Å². The topological polar surface area (TPSA) is 79.3 Å². The van der Waals surface area contributed by atoms with Crippen LogP contribution in [0.1, 0.15) is 17.4 Å². The van der Waals surface area contributed by atoms with Gasteiger partial charge in [0, 0.05) is 6.92 Å². The van der Waals surface area contributed by atoms with E-state index in [-0.39, 0.29) is 11.6 Å². The first-order valence-corrected chi connectivity index (χ1v) is 3.56. The second-order valence-corrected chi connectivity index (χ2v) is 2.42. The van der Waals surface area contributed by atoms with Gasteiger partial charge in [0.15, 0.2) is 0 Å². The minimum Gasteiger partial charge on any atom is -0.477 e. The third kappa shape index (κ3) is 2.55. The Morgan fingerprint density at radius 3 is 2.54 bits per heavy atom. The fraction of sp³-hybridized carbons (Fsp3) is 0.125. The standard InChI is InChI=1S/C8H8N2O3/c1-5(11)10-6-2-3-7(8(12)13)9-4-6/h2-4H,1H3,(H,10,11)(H,12,13). The van der Waals surface area contributed by atoms with Crippen LogP contribution in [0.25, 0.3) is 0 Å². The fourth-order valence-corrected chi connectivity index (χ4v) is 0.798. The van der Waals surface area contributed by atoms with Crippen molar-refractivity contribution >= 4 is 17.6 Å². The molecule has 5 heteroatoms. The number of carbonyl (C=O) groups is 2. The number of aromatic nitrogens is 1. The molecule has 0 radical (unpaired) electrons. The molecule has 0 aliphatic rings. The highest BCUT2D eigenvalue weighted by atomic mass is 16.4. The maximum atomic E-state index is 10.6. The van der Waals surface area contributed by atoms with Crippen LogP contribution in [0.2, 0.25) is 0 Å². The van der Waals surface area contributed by atoms with E-state index in [4.69, 9.17) is 5.11 Å². The molecule has 0 bridgehead atoms. The number of aromatic carboxylic acids is 1. The largest absolute Gasteiger partial charge is 0.477 e. The highest BCUT2D eigenvalue weighted by molar-refractivity contribution is 5.89. The summed E-state index contributed by atoms with van der Waals surface area (Å²) in [7, 11) is 0. The molecule has 13 heavy (non-hydrogen) atoms. The van der Waals surface area contributed by atoms with Crippen LogP contribution >= 0.6 is 0 Å². The van der Waals surface area contributed by atoms with Crippen molar-refractivity contribution in [2.75, 3.05) is 5.32 Å². The Morgan fingerprint density at radius 1 is 1.46 bits per heavy atom. The van der Waals surface area contributed by atoms with Gasteiger partial charge in [-0.3, -0.25) is 4.79 Å². The summed E-state index contributed by atoms with van der Waals surface area (Å²) in [5.74, 6) is -1.31. The van der Waals surface area contributed by atoms with Gasteiger partial charge in [0.1, 0.15) is 5.69 Å². The van der Waals surface area contributed by atoms with Crippen LogP contribution in [-0.2, 0) is 4.79 Å². The van der Waals surface area contributed by atoms with Crippen LogP contribution < -0.4 is 5.32 Å². The van der Waals surface area contributed by atoms with Crippen LogP contribution in [0.5, 0.6) is 0 Å². The van der Waals surface area contributed by atoms with Crippen LogP contribution in [0.4, 0.5) is 5.69 Å². The number of hydrogen-bond donors (Lipinski definition) is 2. The summed E-state index contributed by atoms with van der Waals surface area (Å²) in [6.07, 6.45) is 1.30. The van der Waals surface area contributed by atoms with Crippen molar-refractivity contribution in [1.82, 2.24) is 4.98 Å². The van der Waals surface area contributed by atoms with Crippen molar-refractivity contribution in [1.29, 1.82) is 0 Å². The van der Waals surface area contributed by atoms with Gasteiger partial charge in [-0.2, -0.15) is 0 Å². The third-order valence-electron chi connectivity index (χ3n) is 1.30. The van der Waals surface area contributed by atoms with E-state index in [1.54, 1.807) is 0 Å². The lowest BCUT2D eigenvalue weighted by atomic mass is 10.3. The zero-order valence-electron chi connectivity index (χ0n) is 6.94. The van der Waals surface area contributed by atoms with Crippen LogP contribution in [0.3, 0.4) is 0 Å². The van der Waals surface area contributed by atoms with E-state index in [0.29, 0.717) is 5.69 Å². The number of nitrogens with zero attached hydrogens (tertiary/aromatic N) is 1. The second-order valence-electron chi connectivity index (χ2n) is 2.42. The quantitative estimate of drug-likeness (QED) is 0.703. The fourth-order valence-electron chi connectivity index (χ4n) is 0.798. The molecule has 0 atom stereocenters. The Balaban J connectivity index is 2.81. The summed E-state index contributed by atoms with van der Waals surface area (Å²) in [6, 6.07) is 2.81. The Bertz CT molecular complexity index is 332. The van der Waals surface area contributed by atoms with Crippen molar-refractivity contribution in [2.45, 2.75) is 6.92 Å². The van der Waals surface area contributed by atoms with E-state index in [0.717, 1.165) is 0 Å². The van der Waals surface area contributed by atoms with Gasteiger partial charge in [-0.05, 0) is 12.1 Å². The maximum Gasteiger partial charge on any atom is 0.354 e. The first kappa shape index (κ1) is 9.18. The maximum absolute atomic E-state index is 10.6. The Morgan fingerprint density at radius 2 is 2.15 bits per heavy atom. The van der Waals surface area contributed by atoms with E-state index < -0.39 is 5.97 Å². The lowest BCUT2D eigenvalue weighted by molar-refractivity contribution is -0.114. The Hall–Kier alpha value is -1.91. The molecule has 0 saturated heterocycles. The van der Waals surface area contributed by atoms with Crippen molar-refractivity contribution in [2.24, 2.45) is 0 Å². The van der Waals surface area contributed by atoms with Crippen LogP contribution in [-0.4, -0.2) is 22.0 Å². The molecule has 1 rings (SSSR count). The molecule has 1 aromatic rings. The smallest absolute Gasteiger partial charge is 0.354 e. The number of carboxylic acids is 1. The average molecular weight is 180 g/mol. The SMILES string of the molecule is CC(=O)Nc1ccc(C(=O)O)nc1. The van der Waals surface area contributed by atoms with Gasteiger partial charge in [-0.1, -0.05) is 0 Å². The summed E-state index contributed by atoms with van der Waals surface area (Å²) in [5.41, 5.74) is 0.437. The minimum absolute atomic E-state index is 0.0471. The van der Waals surface area contributed by atoms with E-state index in [1.165, 1.54) is 25.3 Å². The number of pyridine rings is 1. The van der Waals surface area contributed by atoms with Crippen molar-refractivity contribution in [3.05, 3.63) is 24.0 Å². The van der Waals surface area contributed by atoms with Crippen molar-refractivity contribution < 1.29 is 14.7 Å². The van der Waals surface area contributed by atoms with E-state index in [2.05, 4.69) is 10.3 Å². The molecule has 1 amide bonds. The van der Waals surface area contributed by atoms with Crippen molar-refractivity contribution in [3.63, 3.8) is 0 Å². The number of hydrogen-bond acceptors (Lipinski definition) is 3. The molecular formula is C8H8N2O3. The lowest BCUT2D eigenvalue weighted by Gasteiger charge is -2.00. The molecule has 5 nitrogen and oxygen atoms in total. The van der Waals surface area contributed by atoms with Gasteiger partial charge in [-0.25, -0.2) is 9.78 Å². The van der Waals surface area contributed by atoms with Gasteiger partial charge in [0.25, 0.3) is 0 Å². The highest BCUT2D eigenvalue weighted by Crippen LogP contribution is 2.05. The molecular weight excluding hydrogens is 172 g/mol. The number of amides is 1. The average Bonchev–Trinajstić information content (AvgIpc) is 2.04. The second kappa shape index (κ2) is 3.66. The van der Waals surface area contributed by atoms with Gasteiger partial charge >= 0.3 is 5.97 Å². The van der Waals surface area contributed by atoms with Crippen molar-refractivity contribution in [3.8, 4) is 0 Å². The van der Waals surface area contributed by atoms with E-state index in [9.17, 15) is 9.59 Å². The van der Waals surface area contributed by atoms with Gasteiger partial charge in [0.05, 0.1) is 11.9 Å². The Kier molecular flexibility index (Phi) is 2.59. The molecule has 0 unspecified atom stereocenters. The summed E-state index contributed by atoms with van der Waals surface area (Å²) < 4.78 is 0. The molecule has 68 valence electrons. The molecule has 0 saturated carbocycles. The zero-order valence-corrected chi connectivity index (χ0v) is 6.94. The zero-order chi connectivity index (χ0) is 9.84. The van der Waals surface area contributed by atoms with E-state index in [1.807, 2.05) is 0 Å².